The molecule has 0 aliphatic heterocycles. The van der Waals surface area contributed by atoms with E-state index in [1.165, 1.54) is 10.6 Å². The number of ether oxygens (including phenoxy) is 1. The van der Waals surface area contributed by atoms with Gasteiger partial charge in [0.25, 0.3) is 0 Å². The lowest BCUT2D eigenvalue weighted by molar-refractivity contribution is 0.00562. The van der Waals surface area contributed by atoms with E-state index in [9.17, 15) is 9.90 Å². The summed E-state index contributed by atoms with van der Waals surface area (Å²) in [7, 11) is 1.68. The lowest BCUT2D eigenvalue weighted by Crippen LogP contribution is -2.25. The minimum absolute atomic E-state index is 0.0539. The summed E-state index contributed by atoms with van der Waals surface area (Å²) in [6.07, 6.45) is 1.61. The summed E-state index contributed by atoms with van der Waals surface area (Å²) in [5, 5.41) is 9.38. The van der Waals surface area contributed by atoms with E-state index < -0.39 is 11.6 Å². The van der Waals surface area contributed by atoms with Gasteiger partial charge in [0.15, 0.2) is 5.69 Å². The predicted molar refractivity (Wildman–Crippen MR) is 52.2 cm³/mol. The lowest BCUT2D eigenvalue weighted by Gasteiger charge is -2.19. The van der Waals surface area contributed by atoms with Crippen molar-refractivity contribution in [3.05, 3.63) is 18.0 Å². The topological polar surface area (TPSA) is 51.5 Å². The Morgan fingerprint density at radius 3 is 2.43 bits per heavy atom. The van der Waals surface area contributed by atoms with Crippen molar-refractivity contribution in [1.29, 1.82) is 0 Å². The fraction of sp³-hybridized carbons (Fsp3) is 0.500. The van der Waals surface area contributed by atoms with E-state index >= 15 is 0 Å². The molecule has 0 radical (unpaired) electrons. The van der Waals surface area contributed by atoms with Crippen LogP contribution in [0.2, 0.25) is 0 Å². The first kappa shape index (κ1) is 10.6. The standard InChI is InChI=1S/C10H15NO3/c1-10(2,3)14-9(13)8-7(12)5-6-11(8)4/h5-6,12H,1-4H3. The molecule has 0 aromatic carbocycles. The van der Waals surface area contributed by atoms with Gasteiger partial charge in [0.1, 0.15) is 11.4 Å². The first-order chi connectivity index (χ1) is 6.31. The van der Waals surface area contributed by atoms with E-state index in [-0.39, 0.29) is 11.4 Å². The number of aromatic hydroxyl groups is 1. The largest absolute Gasteiger partial charge is 0.505 e. The smallest absolute Gasteiger partial charge is 0.359 e. The summed E-state index contributed by atoms with van der Waals surface area (Å²) >= 11 is 0. The Morgan fingerprint density at radius 2 is 2.07 bits per heavy atom. The fourth-order valence-electron chi connectivity index (χ4n) is 1.09. The van der Waals surface area contributed by atoms with Crippen molar-refractivity contribution in [2.24, 2.45) is 7.05 Å². The van der Waals surface area contributed by atoms with E-state index in [0.29, 0.717) is 0 Å². The molecule has 0 saturated carbocycles. The Kier molecular flexibility index (Phi) is 2.55. The second kappa shape index (κ2) is 3.36. The molecular formula is C10H15NO3. The molecule has 0 aliphatic rings. The van der Waals surface area contributed by atoms with Gasteiger partial charge in [0, 0.05) is 13.2 Å². The van der Waals surface area contributed by atoms with Crippen LogP contribution in [0.15, 0.2) is 12.3 Å². The highest BCUT2D eigenvalue weighted by molar-refractivity contribution is 5.91. The second-order valence-corrected chi connectivity index (χ2v) is 4.16. The quantitative estimate of drug-likeness (QED) is 0.697. The van der Waals surface area contributed by atoms with Crippen LogP contribution in [0.25, 0.3) is 0 Å². The van der Waals surface area contributed by atoms with Crippen LogP contribution >= 0.6 is 0 Å². The highest BCUT2D eigenvalue weighted by Crippen LogP contribution is 2.20. The van der Waals surface area contributed by atoms with Crippen molar-refractivity contribution in [3.8, 4) is 5.75 Å². The molecule has 0 saturated heterocycles. The fourth-order valence-corrected chi connectivity index (χ4v) is 1.09. The van der Waals surface area contributed by atoms with Gasteiger partial charge in [0.2, 0.25) is 0 Å². The lowest BCUT2D eigenvalue weighted by atomic mass is 10.2. The molecule has 1 heterocycles. The first-order valence-corrected chi connectivity index (χ1v) is 4.39. The molecule has 1 aromatic rings. The van der Waals surface area contributed by atoms with Crippen molar-refractivity contribution >= 4 is 5.97 Å². The summed E-state index contributed by atoms with van der Waals surface area (Å²) < 4.78 is 6.66. The number of nitrogens with zero attached hydrogens (tertiary/aromatic N) is 1. The number of carbonyl (C=O) groups excluding carboxylic acids is 1. The van der Waals surface area contributed by atoms with Crippen LogP contribution in [0.3, 0.4) is 0 Å². The number of hydrogen-bond acceptors (Lipinski definition) is 3. The number of esters is 1. The van der Waals surface area contributed by atoms with Crippen molar-refractivity contribution in [3.63, 3.8) is 0 Å². The van der Waals surface area contributed by atoms with Gasteiger partial charge < -0.3 is 14.4 Å². The van der Waals surface area contributed by atoms with Gasteiger partial charge in [-0.25, -0.2) is 4.79 Å². The molecule has 0 amide bonds. The maximum atomic E-state index is 11.6. The highest BCUT2D eigenvalue weighted by atomic mass is 16.6. The molecule has 1 rings (SSSR count). The maximum absolute atomic E-state index is 11.6. The first-order valence-electron chi connectivity index (χ1n) is 4.39. The predicted octanol–water partition coefficient (Wildman–Crippen LogP) is 1.69. The van der Waals surface area contributed by atoms with Crippen LogP contribution in [-0.2, 0) is 11.8 Å². The van der Waals surface area contributed by atoms with Gasteiger partial charge >= 0.3 is 5.97 Å². The van der Waals surface area contributed by atoms with Gasteiger partial charge in [-0.2, -0.15) is 0 Å². The van der Waals surface area contributed by atoms with Crippen LogP contribution in [0.1, 0.15) is 31.3 Å². The summed E-state index contributed by atoms with van der Waals surface area (Å²) in [5.74, 6) is -0.566. The summed E-state index contributed by atoms with van der Waals surface area (Å²) in [6.45, 7) is 5.35. The molecule has 0 aliphatic carbocycles. The van der Waals surface area contributed by atoms with Gasteiger partial charge in [-0.3, -0.25) is 0 Å². The molecule has 1 aromatic heterocycles. The zero-order valence-corrected chi connectivity index (χ0v) is 8.87. The number of hydrogen-bond donors (Lipinski definition) is 1. The monoisotopic (exact) mass is 197 g/mol. The average molecular weight is 197 g/mol. The van der Waals surface area contributed by atoms with Crippen molar-refractivity contribution in [2.75, 3.05) is 0 Å². The molecule has 0 spiro atoms. The molecule has 0 atom stereocenters. The Labute approximate surface area is 83.1 Å². The SMILES string of the molecule is Cn1ccc(O)c1C(=O)OC(C)(C)C. The van der Waals surface area contributed by atoms with E-state index in [4.69, 9.17) is 4.74 Å². The molecule has 1 N–H and O–H groups in total. The Bertz CT molecular complexity index is 327. The molecule has 0 fully saturated rings. The zero-order chi connectivity index (χ0) is 10.9. The van der Waals surface area contributed by atoms with Gasteiger partial charge in [-0.05, 0) is 26.8 Å². The Balaban J connectivity index is 2.90. The molecule has 4 nitrogen and oxygen atoms in total. The minimum Gasteiger partial charge on any atom is -0.505 e. The van der Waals surface area contributed by atoms with Crippen LogP contribution < -0.4 is 0 Å². The highest BCUT2D eigenvalue weighted by Gasteiger charge is 2.22. The van der Waals surface area contributed by atoms with Gasteiger partial charge in [0.05, 0.1) is 0 Å². The molecular weight excluding hydrogens is 182 g/mol. The van der Waals surface area contributed by atoms with Gasteiger partial charge in [-0.15, -0.1) is 0 Å². The van der Waals surface area contributed by atoms with E-state index in [1.54, 1.807) is 34.0 Å². The van der Waals surface area contributed by atoms with Crippen molar-refractivity contribution in [1.82, 2.24) is 4.57 Å². The van der Waals surface area contributed by atoms with Gasteiger partial charge in [-0.1, -0.05) is 0 Å². The van der Waals surface area contributed by atoms with Crippen LogP contribution in [0.4, 0.5) is 0 Å². The zero-order valence-electron chi connectivity index (χ0n) is 8.87. The molecule has 0 unspecified atom stereocenters. The van der Waals surface area contributed by atoms with Crippen molar-refractivity contribution in [2.45, 2.75) is 26.4 Å². The minimum atomic E-state index is -0.548. The van der Waals surface area contributed by atoms with E-state index in [0.717, 1.165) is 0 Å². The Hall–Kier alpha value is -1.45. The number of carbonyl (C=O) groups is 1. The number of aromatic nitrogens is 1. The summed E-state index contributed by atoms with van der Waals surface area (Å²) in [5.41, 5.74) is -0.367. The maximum Gasteiger partial charge on any atom is 0.359 e. The normalized spacial score (nSPS) is 11.4. The summed E-state index contributed by atoms with van der Waals surface area (Å²) in [6, 6.07) is 1.46. The van der Waals surface area contributed by atoms with Crippen LogP contribution in [0.5, 0.6) is 5.75 Å². The van der Waals surface area contributed by atoms with E-state index in [2.05, 4.69) is 0 Å². The Morgan fingerprint density at radius 1 is 1.50 bits per heavy atom. The molecule has 0 bridgehead atoms. The third-order valence-corrected chi connectivity index (χ3v) is 1.64. The second-order valence-electron chi connectivity index (χ2n) is 4.16. The molecule has 4 heteroatoms. The molecule has 14 heavy (non-hydrogen) atoms. The third-order valence-electron chi connectivity index (χ3n) is 1.64. The van der Waals surface area contributed by atoms with Crippen LogP contribution in [0, 0.1) is 0 Å². The van der Waals surface area contributed by atoms with E-state index in [1.807, 2.05) is 0 Å². The molecule has 78 valence electrons. The van der Waals surface area contributed by atoms with Crippen LogP contribution in [-0.4, -0.2) is 21.2 Å². The number of rotatable bonds is 1. The third kappa shape index (κ3) is 2.28. The van der Waals surface area contributed by atoms with Crippen molar-refractivity contribution < 1.29 is 14.6 Å². The summed E-state index contributed by atoms with van der Waals surface area (Å²) in [4.78, 5) is 11.6. The average Bonchev–Trinajstić information content (AvgIpc) is 2.27. The number of aryl methyl sites for hydroxylation is 1.